The highest BCUT2D eigenvalue weighted by Gasteiger charge is 2.39. The average Bonchev–Trinajstić information content (AvgIpc) is 3.11. The molecule has 0 unspecified atom stereocenters. The summed E-state index contributed by atoms with van der Waals surface area (Å²) >= 11 is 0. The van der Waals surface area contributed by atoms with Crippen LogP contribution in [0, 0.1) is 23.7 Å². The van der Waals surface area contributed by atoms with Crippen molar-refractivity contribution in [2.45, 2.75) is 96.9 Å². The van der Waals surface area contributed by atoms with Gasteiger partial charge in [0.25, 0.3) is 5.91 Å². The number of hydrogen-bond donors (Lipinski definition) is 2. The number of aromatic nitrogens is 2. The van der Waals surface area contributed by atoms with E-state index < -0.39 is 17.9 Å². The highest BCUT2D eigenvalue weighted by Crippen LogP contribution is 2.39. The molecule has 1 atom stereocenters. The lowest BCUT2D eigenvalue weighted by Gasteiger charge is -2.39. The van der Waals surface area contributed by atoms with Crippen molar-refractivity contribution in [3.05, 3.63) is 77.6 Å². The van der Waals surface area contributed by atoms with Gasteiger partial charge in [-0.15, -0.1) is 0 Å². The minimum atomic E-state index is -0.913. The first kappa shape index (κ1) is 36.5. The minimum Gasteiger partial charge on any atom is -0.481 e. The van der Waals surface area contributed by atoms with E-state index in [-0.39, 0.29) is 36.7 Å². The molecule has 0 bridgehead atoms. The van der Waals surface area contributed by atoms with Gasteiger partial charge in [-0.3, -0.25) is 14.4 Å². The molecular weight excluding hydrogens is 638 g/mol. The Balaban J connectivity index is 1.06. The van der Waals surface area contributed by atoms with Gasteiger partial charge in [0.2, 0.25) is 5.91 Å². The van der Waals surface area contributed by atoms with E-state index in [2.05, 4.69) is 37.9 Å². The Labute approximate surface area is 303 Å². The summed E-state index contributed by atoms with van der Waals surface area (Å²) in [5, 5.41) is 12.3. The van der Waals surface area contributed by atoms with E-state index in [4.69, 9.17) is 9.97 Å². The number of hydrogen-bond acceptors (Lipinski definition) is 6. The van der Waals surface area contributed by atoms with Crippen LogP contribution in [0.5, 0.6) is 0 Å². The quantitative estimate of drug-likeness (QED) is 0.219. The summed E-state index contributed by atoms with van der Waals surface area (Å²) < 4.78 is 0. The van der Waals surface area contributed by atoms with E-state index in [1.54, 1.807) is 12.1 Å². The molecule has 2 N–H and O–H groups in total. The predicted octanol–water partition coefficient (Wildman–Crippen LogP) is 7.15. The van der Waals surface area contributed by atoms with Gasteiger partial charge in [0.15, 0.2) is 5.82 Å². The number of nitrogens with zero attached hydrogens (tertiary/aromatic N) is 4. The molecule has 9 heteroatoms. The van der Waals surface area contributed by atoms with Gasteiger partial charge < -0.3 is 20.2 Å². The Morgan fingerprint density at radius 2 is 1.47 bits per heavy atom. The average molecular weight is 694 g/mol. The Kier molecular flexibility index (Phi) is 11.4. The zero-order valence-corrected chi connectivity index (χ0v) is 30.8. The van der Waals surface area contributed by atoms with Crippen LogP contribution in [-0.2, 0) is 21.4 Å². The van der Waals surface area contributed by atoms with E-state index in [1.165, 1.54) is 56.3 Å². The van der Waals surface area contributed by atoms with Crippen molar-refractivity contribution in [2.75, 3.05) is 31.1 Å². The van der Waals surface area contributed by atoms with Crippen molar-refractivity contribution in [1.29, 1.82) is 0 Å². The molecule has 1 aromatic heterocycles. The molecule has 2 saturated heterocycles. The molecule has 272 valence electrons. The molecule has 3 aliphatic rings. The Bertz CT molecular complexity index is 1630. The van der Waals surface area contributed by atoms with Gasteiger partial charge in [0.05, 0.1) is 24.0 Å². The number of nitrogens with one attached hydrogen (secondary N) is 1. The number of carbonyl (C=O) groups excluding carboxylic acids is 2. The lowest BCUT2D eigenvalue weighted by Crippen LogP contribution is -2.59. The molecule has 1 saturated carbocycles. The van der Waals surface area contributed by atoms with E-state index in [0.717, 1.165) is 53.2 Å². The van der Waals surface area contributed by atoms with Crippen molar-refractivity contribution in [2.24, 2.45) is 23.7 Å². The zero-order chi connectivity index (χ0) is 36.1. The second-order valence-corrected chi connectivity index (χ2v) is 16.2. The van der Waals surface area contributed by atoms with Crippen molar-refractivity contribution >= 4 is 23.5 Å². The van der Waals surface area contributed by atoms with E-state index >= 15 is 0 Å². The molecule has 0 radical (unpaired) electrons. The fraction of sp³-hybridized carbons (Fsp3) is 0.548. The van der Waals surface area contributed by atoms with Crippen LogP contribution < -0.4 is 10.2 Å². The number of amides is 2. The molecule has 2 amide bonds. The highest BCUT2D eigenvalue weighted by atomic mass is 16.4. The number of carbonyl (C=O) groups is 3. The van der Waals surface area contributed by atoms with Crippen LogP contribution >= 0.6 is 0 Å². The Morgan fingerprint density at radius 1 is 0.863 bits per heavy atom. The van der Waals surface area contributed by atoms with Crippen molar-refractivity contribution in [1.82, 2.24) is 20.2 Å². The smallest absolute Gasteiger partial charge is 0.310 e. The van der Waals surface area contributed by atoms with Crippen LogP contribution in [0.25, 0.3) is 11.4 Å². The van der Waals surface area contributed by atoms with Gasteiger partial charge in [-0.25, -0.2) is 9.97 Å². The van der Waals surface area contributed by atoms with Gasteiger partial charge in [0, 0.05) is 43.7 Å². The van der Waals surface area contributed by atoms with Crippen molar-refractivity contribution < 1.29 is 19.5 Å². The van der Waals surface area contributed by atoms with Crippen LogP contribution in [0.4, 0.5) is 5.69 Å². The van der Waals surface area contributed by atoms with Crippen LogP contribution in [0.2, 0.25) is 0 Å². The molecule has 2 aliphatic heterocycles. The first-order valence-corrected chi connectivity index (χ1v) is 19.1. The maximum atomic E-state index is 13.5. The number of rotatable bonds is 11. The van der Waals surface area contributed by atoms with Gasteiger partial charge in [-0.05, 0) is 72.1 Å². The molecular formula is C42H55N5O4. The number of carboxylic acids is 1. The number of likely N-dealkylation sites (tertiary alicyclic amines) is 1. The van der Waals surface area contributed by atoms with E-state index in [1.807, 2.05) is 48.8 Å². The number of anilines is 1. The van der Waals surface area contributed by atoms with E-state index in [0.29, 0.717) is 11.4 Å². The Morgan fingerprint density at radius 3 is 2.04 bits per heavy atom. The van der Waals surface area contributed by atoms with Gasteiger partial charge in [-0.2, -0.15) is 0 Å². The summed E-state index contributed by atoms with van der Waals surface area (Å²) in [6.07, 6.45) is 15.0. The third-order valence-corrected chi connectivity index (χ3v) is 11.6. The summed E-state index contributed by atoms with van der Waals surface area (Å²) in [5.74, 6) is 1.24. The second-order valence-electron chi connectivity index (χ2n) is 16.2. The third kappa shape index (κ3) is 8.97. The summed E-state index contributed by atoms with van der Waals surface area (Å²) in [6.45, 7) is 11.1. The first-order valence-electron chi connectivity index (χ1n) is 19.1. The zero-order valence-electron chi connectivity index (χ0n) is 30.8. The fourth-order valence-corrected chi connectivity index (χ4v) is 8.24. The molecule has 51 heavy (non-hydrogen) atoms. The second kappa shape index (κ2) is 16.0. The number of piperidine rings is 1. The summed E-state index contributed by atoms with van der Waals surface area (Å²) in [6, 6.07) is 14.4. The number of aliphatic carboxylic acids is 1. The van der Waals surface area contributed by atoms with Crippen molar-refractivity contribution in [3.63, 3.8) is 0 Å². The summed E-state index contributed by atoms with van der Waals surface area (Å²) in [7, 11) is 0. The van der Waals surface area contributed by atoms with Crippen LogP contribution in [0.3, 0.4) is 0 Å². The molecule has 3 fully saturated rings. The molecule has 2 aromatic carbocycles. The first-order chi connectivity index (χ1) is 24.5. The van der Waals surface area contributed by atoms with Crippen LogP contribution in [-0.4, -0.2) is 70.0 Å². The molecule has 3 heterocycles. The molecule has 3 aromatic rings. The maximum Gasteiger partial charge on any atom is 0.310 e. The van der Waals surface area contributed by atoms with Crippen LogP contribution in [0.1, 0.15) is 101 Å². The fourth-order valence-electron chi connectivity index (χ4n) is 8.24. The normalized spacial score (nSPS) is 20.8. The Hall–Kier alpha value is -4.27. The summed E-state index contributed by atoms with van der Waals surface area (Å²) in [5.41, 5.74) is 4.35. The van der Waals surface area contributed by atoms with Gasteiger partial charge in [0.1, 0.15) is 6.04 Å². The lowest BCUT2D eigenvalue weighted by molar-refractivity contribution is -0.153. The molecule has 9 nitrogen and oxygen atoms in total. The lowest BCUT2D eigenvalue weighted by atomic mass is 9.72. The molecule has 0 spiro atoms. The standard InChI is InChI=1S/C42H55N5O4/c1-5-6-28-7-11-30(12-8-28)31-19-21-46(22-20-31)36-24-43-38(44-25-36)32-13-9-29(10-14-32)23-37(40(49)47-26-34(27-47)41(50)51)45-39(48)33-15-17-35(18-16-33)42(2,3)4/h9-10,13-18,24-25,28,30-31,34,37H,5-8,11-12,19-23,26-27H2,1-4H3,(H,45,48)(H,50,51)/t28-,30-,37-/m0/s1. The van der Waals surface area contributed by atoms with Gasteiger partial charge in [-0.1, -0.05) is 89.8 Å². The topological polar surface area (TPSA) is 116 Å². The number of carboxylic acid groups (broad SMARTS) is 1. The highest BCUT2D eigenvalue weighted by molar-refractivity contribution is 5.98. The van der Waals surface area contributed by atoms with E-state index in [9.17, 15) is 19.5 Å². The minimum absolute atomic E-state index is 0.0468. The monoisotopic (exact) mass is 693 g/mol. The number of benzene rings is 2. The maximum absolute atomic E-state index is 13.5. The molecule has 1 aliphatic carbocycles. The van der Waals surface area contributed by atoms with Gasteiger partial charge >= 0.3 is 5.97 Å². The largest absolute Gasteiger partial charge is 0.481 e. The SMILES string of the molecule is CCC[C@H]1CC[C@H](C2CCN(c3cnc(-c4ccc(C[C@H](NC(=O)c5ccc(C(C)(C)C)cc5)C(=O)N5CC(C(=O)O)C5)cc4)nc3)CC2)CC1. The predicted molar refractivity (Wildman–Crippen MR) is 201 cm³/mol. The third-order valence-electron chi connectivity index (χ3n) is 11.6. The van der Waals surface area contributed by atoms with Crippen molar-refractivity contribution in [3.8, 4) is 11.4 Å². The van der Waals surface area contributed by atoms with Crippen LogP contribution in [0.15, 0.2) is 60.9 Å². The molecule has 6 rings (SSSR count). The summed E-state index contributed by atoms with van der Waals surface area (Å²) in [4.78, 5) is 51.6.